The predicted molar refractivity (Wildman–Crippen MR) is 46.5 cm³/mol. The first-order chi connectivity index (χ1) is 5.58. The van der Waals surface area contributed by atoms with Crippen molar-refractivity contribution in [2.45, 2.75) is 25.8 Å². The number of hydrogen-bond donors (Lipinski definition) is 1. The fourth-order valence-electron chi connectivity index (χ4n) is 1.59. The maximum absolute atomic E-state index is 11.3. The van der Waals surface area contributed by atoms with Crippen molar-refractivity contribution < 1.29 is 9.53 Å². The highest BCUT2D eigenvalue weighted by Gasteiger charge is 2.36. The third-order valence-corrected chi connectivity index (χ3v) is 2.32. The van der Waals surface area contributed by atoms with Crippen LogP contribution in [0, 0.1) is 5.41 Å². The van der Waals surface area contributed by atoms with Crippen molar-refractivity contribution in [1.82, 2.24) is 0 Å². The van der Waals surface area contributed by atoms with Crippen molar-refractivity contribution in [2.75, 3.05) is 7.11 Å². The third-order valence-electron chi connectivity index (χ3n) is 2.32. The molecular formula is C9H15NO2. The van der Waals surface area contributed by atoms with E-state index in [1.54, 1.807) is 0 Å². The standard InChI is InChI=1S/C9H15NO2/c1-9(8(11)12-2)5-3-4-7(10)6-9/h3-4,7H,5-6,10H2,1-2H3. The molecule has 0 aromatic rings. The van der Waals surface area contributed by atoms with Crippen LogP contribution >= 0.6 is 0 Å². The fraction of sp³-hybridized carbons (Fsp3) is 0.667. The highest BCUT2D eigenvalue weighted by atomic mass is 16.5. The SMILES string of the molecule is COC(=O)C1(C)CC=CC(N)C1. The van der Waals surface area contributed by atoms with E-state index in [1.807, 2.05) is 19.1 Å². The molecule has 0 aromatic carbocycles. The van der Waals surface area contributed by atoms with Gasteiger partial charge in [-0.25, -0.2) is 0 Å². The van der Waals surface area contributed by atoms with Crippen molar-refractivity contribution in [2.24, 2.45) is 11.1 Å². The number of rotatable bonds is 1. The normalized spacial score (nSPS) is 34.8. The summed E-state index contributed by atoms with van der Waals surface area (Å²) in [7, 11) is 1.41. The molecule has 0 fully saturated rings. The largest absolute Gasteiger partial charge is 0.469 e. The van der Waals surface area contributed by atoms with E-state index in [4.69, 9.17) is 10.5 Å². The van der Waals surface area contributed by atoms with Gasteiger partial charge < -0.3 is 10.5 Å². The molecule has 0 saturated heterocycles. The molecule has 2 unspecified atom stereocenters. The first-order valence-corrected chi connectivity index (χ1v) is 4.09. The summed E-state index contributed by atoms with van der Waals surface area (Å²) in [5.41, 5.74) is 5.29. The molecule has 0 amide bonds. The summed E-state index contributed by atoms with van der Waals surface area (Å²) in [6.45, 7) is 1.89. The second-order valence-electron chi connectivity index (χ2n) is 3.55. The minimum Gasteiger partial charge on any atom is -0.469 e. The van der Waals surface area contributed by atoms with Crippen LogP contribution in [0.3, 0.4) is 0 Å². The maximum atomic E-state index is 11.3. The minimum absolute atomic E-state index is 0.0113. The number of carbonyl (C=O) groups is 1. The van der Waals surface area contributed by atoms with Gasteiger partial charge in [-0.15, -0.1) is 0 Å². The topological polar surface area (TPSA) is 52.3 Å². The molecular weight excluding hydrogens is 154 g/mol. The number of ether oxygens (including phenoxy) is 1. The van der Waals surface area contributed by atoms with E-state index in [9.17, 15) is 4.79 Å². The van der Waals surface area contributed by atoms with Gasteiger partial charge in [-0.05, 0) is 19.8 Å². The number of esters is 1. The minimum atomic E-state index is -0.414. The molecule has 2 N–H and O–H groups in total. The highest BCUT2D eigenvalue weighted by molar-refractivity contribution is 5.76. The summed E-state index contributed by atoms with van der Waals surface area (Å²) in [5, 5.41) is 0. The lowest BCUT2D eigenvalue weighted by atomic mass is 9.77. The van der Waals surface area contributed by atoms with E-state index in [2.05, 4.69) is 0 Å². The molecule has 2 atom stereocenters. The Bertz CT molecular complexity index is 213. The van der Waals surface area contributed by atoms with E-state index < -0.39 is 5.41 Å². The number of hydrogen-bond acceptors (Lipinski definition) is 3. The lowest BCUT2D eigenvalue weighted by Gasteiger charge is -2.30. The highest BCUT2D eigenvalue weighted by Crippen LogP contribution is 2.32. The van der Waals surface area contributed by atoms with Crippen molar-refractivity contribution in [1.29, 1.82) is 0 Å². The summed E-state index contributed by atoms with van der Waals surface area (Å²) in [5.74, 6) is -0.165. The molecule has 0 aliphatic heterocycles. The zero-order valence-corrected chi connectivity index (χ0v) is 7.54. The molecule has 68 valence electrons. The smallest absolute Gasteiger partial charge is 0.311 e. The van der Waals surface area contributed by atoms with Gasteiger partial charge in [0.1, 0.15) is 0 Å². The first kappa shape index (κ1) is 9.26. The van der Waals surface area contributed by atoms with Crippen LogP contribution in [0.4, 0.5) is 0 Å². The van der Waals surface area contributed by atoms with Crippen LogP contribution in [-0.2, 0) is 9.53 Å². The van der Waals surface area contributed by atoms with Crippen LogP contribution in [-0.4, -0.2) is 19.1 Å². The average Bonchev–Trinajstić information content (AvgIpc) is 2.02. The van der Waals surface area contributed by atoms with E-state index >= 15 is 0 Å². The van der Waals surface area contributed by atoms with Crippen LogP contribution in [0.1, 0.15) is 19.8 Å². The van der Waals surface area contributed by atoms with Gasteiger partial charge >= 0.3 is 5.97 Å². The molecule has 0 spiro atoms. The zero-order valence-electron chi connectivity index (χ0n) is 7.54. The Labute approximate surface area is 72.6 Å². The summed E-state index contributed by atoms with van der Waals surface area (Å²) in [6.07, 6.45) is 5.29. The molecule has 3 heteroatoms. The van der Waals surface area contributed by atoms with Crippen LogP contribution < -0.4 is 5.73 Å². The van der Waals surface area contributed by atoms with Gasteiger partial charge in [0, 0.05) is 6.04 Å². The molecule has 1 aliphatic rings. The summed E-state index contributed by atoms with van der Waals surface area (Å²) in [4.78, 5) is 11.3. The predicted octanol–water partition coefficient (Wildman–Crippen LogP) is 0.843. The number of nitrogens with two attached hydrogens (primary N) is 1. The molecule has 0 heterocycles. The quantitative estimate of drug-likeness (QED) is 0.467. The van der Waals surface area contributed by atoms with Gasteiger partial charge in [0.2, 0.25) is 0 Å². The Hall–Kier alpha value is -0.830. The van der Waals surface area contributed by atoms with Gasteiger partial charge in [0.15, 0.2) is 0 Å². The van der Waals surface area contributed by atoms with Crippen LogP contribution in [0.25, 0.3) is 0 Å². The third kappa shape index (κ3) is 1.67. The molecule has 0 saturated carbocycles. The monoisotopic (exact) mass is 169 g/mol. The molecule has 0 aromatic heterocycles. The van der Waals surface area contributed by atoms with Crippen molar-refractivity contribution in [3.8, 4) is 0 Å². The molecule has 1 aliphatic carbocycles. The Morgan fingerprint density at radius 3 is 2.92 bits per heavy atom. The summed E-state index contributed by atoms with van der Waals surface area (Å²) < 4.78 is 4.71. The first-order valence-electron chi connectivity index (χ1n) is 4.09. The fourth-order valence-corrected chi connectivity index (χ4v) is 1.59. The van der Waals surface area contributed by atoms with Crippen LogP contribution in [0.5, 0.6) is 0 Å². The van der Waals surface area contributed by atoms with Crippen molar-refractivity contribution >= 4 is 5.97 Å². The molecule has 0 bridgehead atoms. The average molecular weight is 169 g/mol. The van der Waals surface area contributed by atoms with Crippen molar-refractivity contribution in [3.63, 3.8) is 0 Å². The lowest BCUT2D eigenvalue weighted by molar-refractivity contribution is -0.152. The lowest BCUT2D eigenvalue weighted by Crippen LogP contribution is -2.37. The Morgan fingerprint density at radius 2 is 2.42 bits per heavy atom. The van der Waals surface area contributed by atoms with Crippen LogP contribution in [0.2, 0.25) is 0 Å². The maximum Gasteiger partial charge on any atom is 0.311 e. The van der Waals surface area contributed by atoms with E-state index in [0.29, 0.717) is 6.42 Å². The molecule has 3 nitrogen and oxygen atoms in total. The zero-order chi connectivity index (χ0) is 9.19. The van der Waals surface area contributed by atoms with Gasteiger partial charge in [-0.2, -0.15) is 0 Å². The van der Waals surface area contributed by atoms with E-state index in [0.717, 1.165) is 6.42 Å². The Morgan fingerprint density at radius 1 is 1.75 bits per heavy atom. The summed E-state index contributed by atoms with van der Waals surface area (Å²) in [6, 6.07) is -0.0113. The Kier molecular flexibility index (Phi) is 2.52. The second-order valence-corrected chi connectivity index (χ2v) is 3.55. The van der Waals surface area contributed by atoms with Gasteiger partial charge in [-0.1, -0.05) is 12.2 Å². The summed E-state index contributed by atoms with van der Waals surface area (Å²) >= 11 is 0. The molecule has 1 rings (SSSR count). The number of carbonyl (C=O) groups excluding carboxylic acids is 1. The number of allylic oxidation sites excluding steroid dienone is 1. The second kappa shape index (κ2) is 3.27. The van der Waals surface area contributed by atoms with E-state index in [-0.39, 0.29) is 12.0 Å². The Balaban J connectivity index is 2.72. The molecule has 12 heavy (non-hydrogen) atoms. The van der Waals surface area contributed by atoms with Crippen molar-refractivity contribution in [3.05, 3.63) is 12.2 Å². The van der Waals surface area contributed by atoms with Gasteiger partial charge in [0.25, 0.3) is 0 Å². The van der Waals surface area contributed by atoms with Gasteiger partial charge in [0.05, 0.1) is 12.5 Å². The van der Waals surface area contributed by atoms with Gasteiger partial charge in [-0.3, -0.25) is 4.79 Å². The van der Waals surface area contributed by atoms with E-state index in [1.165, 1.54) is 7.11 Å². The molecule has 0 radical (unpaired) electrons. The number of methoxy groups -OCH3 is 1. The van der Waals surface area contributed by atoms with Crippen LogP contribution in [0.15, 0.2) is 12.2 Å².